The molecule has 3 aromatic rings. The second-order valence-electron chi connectivity index (χ2n) is 6.59. The van der Waals surface area contributed by atoms with Crippen molar-refractivity contribution in [2.24, 2.45) is 5.92 Å². The number of benzene rings is 1. The highest BCUT2D eigenvalue weighted by Gasteiger charge is 2.18. The Kier molecular flexibility index (Phi) is 6.01. The summed E-state index contributed by atoms with van der Waals surface area (Å²) in [6.07, 6.45) is 1.83. The van der Waals surface area contributed by atoms with E-state index in [4.69, 9.17) is 11.6 Å². The van der Waals surface area contributed by atoms with Gasteiger partial charge in [0.15, 0.2) is 5.82 Å². The summed E-state index contributed by atoms with van der Waals surface area (Å²) in [5, 5.41) is 12.4. The molecule has 1 aromatic carbocycles. The van der Waals surface area contributed by atoms with Crippen LogP contribution in [0.5, 0.6) is 0 Å². The van der Waals surface area contributed by atoms with E-state index in [9.17, 15) is 4.79 Å². The molecule has 2 aromatic heterocycles. The molecule has 3 rings (SSSR count). The van der Waals surface area contributed by atoms with E-state index in [1.807, 2.05) is 55.9 Å². The second-order valence-corrected chi connectivity index (χ2v) is 7.82. The van der Waals surface area contributed by atoms with Crippen LogP contribution in [0.1, 0.15) is 23.9 Å². The molecule has 8 heteroatoms. The molecule has 0 saturated heterocycles. The quantitative estimate of drug-likeness (QED) is 0.604. The number of aryl methyl sites for hydroxylation is 1. The Hall–Kier alpha value is -2.12. The molecule has 1 amide bonds. The molecule has 0 spiro atoms. The van der Waals surface area contributed by atoms with Gasteiger partial charge in [-0.3, -0.25) is 14.2 Å². The molecule has 142 valence electrons. The van der Waals surface area contributed by atoms with Crippen LogP contribution in [0, 0.1) is 19.8 Å². The van der Waals surface area contributed by atoms with Crippen molar-refractivity contribution in [3.63, 3.8) is 0 Å². The normalized spacial score (nSPS) is 12.2. The number of anilines is 1. The van der Waals surface area contributed by atoms with Gasteiger partial charge in [-0.05, 0) is 47.5 Å². The van der Waals surface area contributed by atoms with Crippen LogP contribution in [-0.2, 0) is 17.9 Å². The molecule has 0 aliphatic carbocycles. The number of hydrogen-bond acceptors (Lipinski definition) is 3. The Morgan fingerprint density at radius 2 is 2.07 bits per heavy atom. The zero-order valence-electron chi connectivity index (χ0n) is 15.4. The lowest BCUT2D eigenvalue weighted by atomic mass is 10.1. The number of hydrogen-bond donors (Lipinski definition) is 1. The van der Waals surface area contributed by atoms with Crippen LogP contribution in [0.3, 0.4) is 0 Å². The summed E-state index contributed by atoms with van der Waals surface area (Å²) in [4.78, 5) is 12.5. The number of amides is 1. The molecule has 0 aliphatic rings. The highest BCUT2D eigenvalue weighted by atomic mass is 79.9. The predicted octanol–water partition coefficient (Wildman–Crippen LogP) is 4.44. The van der Waals surface area contributed by atoms with Crippen molar-refractivity contribution < 1.29 is 4.79 Å². The van der Waals surface area contributed by atoms with E-state index in [0.717, 1.165) is 21.4 Å². The predicted molar refractivity (Wildman–Crippen MR) is 110 cm³/mol. The largest absolute Gasteiger partial charge is 0.309 e. The van der Waals surface area contributed by atoms with Crippen LogP contribution < -0.4 is 5.32 Å². The van der Waals surface area contributed by atoms with Gasteiger partial charge in [0.05, 0.1) is 29.2 Å². The number of halogens is 2. The van der Waals surface area contributed by atoms with Gasteiger partial charge in [-0.2, -0.15) is 10.2 Å². The smallest absolute Gasteiger partial charge is 0.230 e. The Labute approximate surface area is 171 Å². The number of aromatic nitrogens is 4. The van der Waals surface area contributed by atoms with E-state index in [0.29, 0.717) is 23.9 Å². The van der Waals surface area contributed by atoms with Crippen molar-refractivity contribution in [1.82, 2.24) is 19.6 Å². The fraction of sp³-hybridized carbons (Fsp3) is 0.316. The monoisotopic (exact) mass is 449 g/mol. The zero-order chi connectivity index (χ0) is 19.6. The van der Waals surface area contributed by atoms with Crippen molar-refractivity contribution >= 4 is 39.3 Å². The van der Waals surface area contributed by atoms with E-state index in [-0.39, 0.29) is 11.8 Å². The van der Waals surface area contributed by atoms with Gasteiger partial charge in [-0.25, -0.2) is 0 Å². The molecular formula is C19H21BrClN5O. The average Bonchev–Trinajstić information content (AvgIpc) is 3.15. The molecule has 1 atom stereocenters. The van der Waals surface area contributed by atoms with E-state index in [1.54, 1.807) is 10.7 Å². The van der Waals surface area contributed by atoms with Crippen LogP contribution >= 0.6 is 27.5 Å². The fourth-order valence-electron chi connectivity index (χ4n) is 2.78. The standard InChI is InChI=1S/C19H21BrClN5O/c1-12(10-26-14(3)18(20)13(2)23-26)19(27)22-17-7-8-25(24-17)11-15-5-4-6-16(21)9-15/h4-9,12H,10-11H2,1-3H3,(H,22,24,27). The number of nitrogens with zero attached hydrogens (tertiary/aromatic N) is 4. The Morgan fingerprint density at radius 1 is 1.30 bits per heavy atom. The first kappa shape index (κ1) is 19.6. The first-order valence-corrected chi connectivity index (χ1v) is 9.79. The summed E-state index contributed by atoms with van der Waals surface area (Å²) in [7, 11) is 0. The maximum Gasteiger partial charge on any atom is 0.230 e. The van der Waals surface area contributed by atoms with Gasteiger partial charge in [-0.1, -0.05) is 30.7 Å². The molecule has 0 aliphatic heterocycles. The lowest BCUT2D eigenvalue weighted by Gasteiger charge is -2.12. The highest BCUT2D eigenvalue weighted by molar-refractivity contribution is 9.10. The molecule has 1 N–H and O–H groups in total. The number of carbonyl (C=O) groups excluding carboxylic acids is 1. The summed E-state index contributed by atoms with van der Waals surface area (Å²) >= 11 is 9.52. The highest BCUT2D eigenvalue weighted by Crippen LogP contribution is 2.21. The van der Waals surface area contributed by atoms with Crippen molar-refractivity contribution in [1.29, 1.82) is 0 Å². The number of rotatable bonds is 6. The van der Waals surface area contributed by atoms with Crippen molar-refractivity contribution in [3.8, 4) is 0 Å². The Morgan fingerprint density at radius 3 is 2.74 bits per heavy atom. The molecule has 1 unspecified atom stereocenters. The van der Waals surface area contributed by atoms with Gasteiger partial charge in [0.2, 0.25) is 5.91 Å². The molecule has 0 bridgehead atoms. The lowest BCUT2D eigenvalue weighted by Crippen LogP contribution is -2.25. The summed E-state index contributed by atoms with van der Waals surface area (Å²) in [5.74, 6) is 0.197. The molecule has 27 heavy (non-hydrogen) atoms. The minimum atomic E-state index is -0.243. The van der Waals surface area contributed by atoms with E-state index < -0.39 is 0 Å². The summed E-state index contributed by atoms with van der Waals surface area (Å²) in [5.41, 5.74) is 2.98. The van der Waals surface area contributed by atoms with Gasteiger partial charge in [0.25, 0.3) is 0 Å². The average molecular weight is 451 g/mol. The van der Waals surface area contributed by atoms with E-state index >= 15 is 0 Å². The van der Waals surface area contributed by atoms with Gasteiger partial charge in [0.1, 0.15) is 0 Å². The minimum Gasteiger partial charge on any atom is -0.309 e. The third-order valence-corrected chi connectivity index (χ3v) is 5.70. The second kappa shape index (κ2) is 8.27. The number of carbonyl (C=O) groups is 1. The third-order valence-electron chi connectivity index (χ3n) is 4.31. The van der Waals surface area contributed by atoms with Crippen LogP contribution in [0.2, 0.25) is 5.02 Å². The van der Waals surface area contributed by atoms with Gasteiger partial charge < -0.3 is 5.32 Å². The molecular weight excluding hydrogens is 430 g/mol. The SMILES string of the molecule is Cc1nn(CC(C)C(=O)Nc2ccn(Cc3cccc(Cl)c3)n2)c(C)c1Br. The lowest BCUT2D eigenvalue weighted by molar-refractivity contribution is -0.119. The third kappa shape index (κ3) is 4.78. The Bertz CT molecular complexity index is 965. The summed E-state index contributed by atoms with van der Waals surface area (Å²) < 4.78 is 4.60. The van der Waals surface area contributed by atoms with Gasteiger partial charge in [0, 0.05) is 23.0 Å². The van der Waals surface area contributed by atoms with Gasteiger partial charge in [-0.15, -0.1) is 0 Å². The fourth-order valence-corrected chi connectivity index (χ4v) is 3.28. The first-order chi connectivity index (χ1) is 12.8. The minimum absolute atomic E-state index is 0.0910. The van der Waals surface area contributed by atoms with Crippen molar-refractivity contribution in [2.45, 2.75) is 33.9 Å². The molecule has 6 nitrogen and oxygen atoms in total. The van der Waals surface area contributed by atoms with Crippen LogP contribution in [0.15, 0.2) is 41.0 Å². The maximum absolute atomic E-state index is 12.5. The topological polar surface area (TPSA) is 64.7 Å². The molecule has 0 radical (unpaired) electrons. The zero-order valence-corrected chi connectivity index (χ0v) is 17.8. The summed E-state index contributed by atoms with van der Waals surface area (Å²) in [6.45, 7) is 6.89. The Balaban J connectivity index is 1.60. The van der Waals surface area contributed by atoms with E-state index in [2.05, 4.69) is 31.4 Å². The van der Waals surface area contributed by atoms with Crippen molar-refractivity contribution in [3.05, 3.63) is 63.0 Å². The molecule has 0 saturated carbocycles. The van der Waals surface area contributed by atoms with E-state index in [1.165, 1.54) is 0 Å². The van der Waals surface area contributed by atoms with Crippen LogP contribution in [0.25, 0.3) is 0 Å². The first-order valence-electron chi connectivity index (χ1n) is 8.61. The van der Waals surface area contributed by atoms with Crippen molar-refractivity contribution in [2.75, 3.05) is 5.32 Å². The summed E-state index contributed by atoms with van der Waals surface area (Å²) in [6, 6.07) is 9.41. The number of nitrogens with one attached hydrogen (secondary N) is 1. The van der Waals surface area contributed by atoms with Gasteiger partial charge >= 0.3 is 0 Å². The molecule has 2 heterocycles. The molecule has 0 fully saturated rings. The van der Waals surface area contributed by atoms with Crippen LogP contribution in [-0.4, -0.2) is 25.5 Å². The maximum atomic E-state index is 12.5. The van der Waals surface area contributed by atoms with Crippen LogP contribution in [0.4, 0.5) is 5.82 Å².